The van der Waals surface area contributed by atoms with Crippen LogP contribution in [0.2, 0.25) is 0 Å². The zero-order chi connectivity index (χ0) is 17.2. The summed E-state index contributed by atoms with van der Waals surface area (Å²) in [4.78, 5) is 0. The van der Waals surface area contributed by atoms with Crippen molar-refractivity contribution in [2.75, 3.05) is 7.11 Å². The molecule has 124 valence electrons. The van der Waals surface area contributed by atoms with Crippen molar-refractivity contribution < 1.29 is 9.47 Å². The molecule has 0 fully saturated rings. The van der Waals surface area contributed by atoms with Crippen LogP contribution in [0, 0.1) is 6.92 Å². The zero-order valence-electron chi connectivity index (χ0n) is 13.9. The minimum Gasteiger partial charge on any atom is -0.497 e. The monoisotopic (exact) mass is 332 g/mol. The molecule has 4 rings (SSSR count). The smallest absolute Gasteiger partial charge is 0.237 e. The molecule has 2 heterocycles. The molecule has 2 aromatic carbocycles. The molecule has 6 nitrogen and oxygen atoms in total. The third kappa shape index (κ3) is 3.01. The van der Waals surface area contributed by atoms with Crippen molar-refractivity contribution in [3.05, 3.63) is 66.2 Å². The van der Waals surface area contributed by atoms with Crippen LogP contribution in [0.3, 0.4) is 0 Å². The average Bonchev–Trinajstić information content (AvgIpc) is 3.06. The predicted molar refractivity (Wildman–Crippen MR) is 94.0 cm³/mol. The number of hydrogen-bond acceptors (Lipinski definition) is 5. The lowest BCUT2D eigenvalue weighted by atomic mass is 10.1. The Labute approximate surface area is 144 Å². The van der Waals surface area contributed by atoms with E-state index in [1.54, 1.807) is 17.7 Å². The van der Waals surface area contributed by atoms with E-state index in [1.165, 1.54) is 5.56 Å². The molecule has 0 aliphatic rings. The number of ether oxygens (including phenoxy) is 2. The molecular formula is C19H16N4O2. The molecule has 0 saturated carbocycles. The largest absolute Gasteiger partial charge is 0.497 e. The number of hydrogen-bond donors (Lipinski definition) is 0. The van der Waals surface area contributed by atoms with E-state index in [4.69, 9.17) is 9.47 Å². The SMILES string of the molecule is COc1ccc(Oc2ccc3nnc(-c4ccc(C)cc4)n3n2)cc1. The van der Waals surface area contributed by atoms with Gasteiger partial charge in [-0.25, -0.2) is 0 Å². The number of aromatic nitrogens is 4. The van der Waals surface area contributed by atoms with Crippen LogP contribution in [-0.2, 0) is 0 Å². The molecule has 0 saturated heterocycles. The molecule has 0 bridgehead atoms. The van der Waals surface area contributed by atoms with Crippen molar-refractivity contribution in [3.8, 4) is 28.8 Å². The molecule has 0 aliphatic heterocycles. The summed E-state index contributed by atoms with van der Waals surface area (Å²) in [7, 11) is 1.63. The van der Waals surface area contributed by atoms with Gasteiger partial charge >= 0.3 is 0 Å². The second-order valence-electron chi connectivity index (χ2n) is 5.61. The molecule has 0 N–H and O–H groups in total. The fourth-order valence-corrected chi connectivity index (χ4v) is 2.47. The lowest BCUT2D eigenvalue weighted by Crippen LogP contribution is -1.98. The van der Waals surface area contributed by atoms with Gasteiger partial charge < -0.3 is 9.47 Å². The van der Waals surface area contributed by atoms with Crippen LogP contribution in [0.4, 0.5) is 0 Å². The van der Waals surface area contributed by atoms with Gasteiger partial charge in [-0.05, 0) is 37.3 Å². The first-order chi connectivity index (χ1) is 12.2. The van der Waals surface area contributed by atoms with Gasteiger partial charge in [-0.2, -0.15) is 4.52 Å². The Morgan fingerprint density at radius 3 is 2.24 bits per heavy atom. The van der Waals surface area contributed by atoms with Crippen molar-refractivity contribution in [3.63, 3.8) is 0 Å². The molecule has 0 aliphatic carbocycles. The summed E-state index contributed by atoms with van der Waals surface area (Å²) in [6.45, 7) is 2.05. The van der Waals surface area contributed by atoms with E-state index < -0.39 is 0 Å². The van der Waals surface area contributed by atoms with E-state index in [9.17, 15) is 0 Å². The minimum absolute atomic E-state index is 0.464. The quantitative estimate of drug-likeness (QED) is 0.567. The third-order valence-electron chi connectivity index (χ3n) is 3.83. The Morgan fingerprint density at radius 2 is 1.52 bits per heavy atom. The van der Waals surface area contributed by atoms with Gasteiger partial charge in [0.25, 0.3) is 0 Å². The Hall–Kier alpha value is -3.41. The minimum atomic E-state index is 0.464. The number of nitrogens with zero attached hydrogens (tertiary/aromatic N) is 4. The standard InChI is InChI=1S/C19H16N4O2/c1-13-3-5-14(6-4-13)19-21-20-17-11-12-18(22-23(17)19)25-16-9-7-15(24-2)8-10-16/h3-12H,1-2H3. The van der Waals surface area contributed by atoms with Crippen molar-refractivity contribution in [2.45, 2.75) is 6.92 Å². The highest BCUT2D eigenvalue weighted by Gasteiger charge is 2.10. The molecule has 2 aromatic heterocycles. The fourth-order valence-electron chi connectivity index (χ4n) is 2.47. The molecule has 0 atom stereocenters. The summed E-state index contributed by atoms with van der Waals surface area (Å²) in [6.07, 6.45) is 0. The highest BCUT2D eigenvalue weighted by Crippen LogP contribution is 2.24. The van der Waals surface area contributed by atoms with Gasteiger partial charge in [0, 0.05) is 11.6 Å². The van der Waals surface area contributed by atoms with Crippen LogP contribution >= 0.6 is 0 Å². The molecule has 4 aromatic rings. The van der Waals surface area contributed by atoms with Gasteiger partial charge in [0.05, 0.1) is 7.11 Å². The summed E-state index contributed by atoms with van der Waals surface area (Å²) in [5.74, 6) is 2.59. The van der Waals surface area contributed by atoms with Crippen LogP contribution in [-0.4, -0.2) is 26.9 Å². The van der Waals surface area contributed by atoms with Crippen molar-refractivity contribution in [2.24, 2.45) is 0 Å². The van der Waals surface area contributed by atoms with Gasteiger partial charge in [0.2, 0.25) is 5.88 Å². The third-order valence-corrected chi connectivity index (χ3v) is 3.83. The molecule has 0 unspecified atom stereocenters. The van der Waals surface area contributed by atoms with E-state index in [1.807, 2.05) is 61.5 Å². The molecule has 0 radical (unpaired) electrons. The van der Waals surface area contributed by atoms with Gasteiger partial charge in [-0.3, -0.25) is 0 Å². The highest BCUT2D eigenvalue weighted by molar-refractivity contribution is 5.59. The first kappa shape index (κ1) is 15.1. The van der Waals surface area contributed by atoms with E-state index >= 15 is 0 Å². The predicted octanol–water partition coefficient (Wildman–Crippen LogP) is 3.90. The number of rotatable bonds is 4. The number of benzene rings is 2. The normalized spacial score (nSPS) is 10.8. The maximum Gasteiger partial charge on any atom is 0.237 e. The van der Waals surface area contributed by atoms with Crippen LogP contribution in [0.15, 0.2) is 60.7 Å². The number of fused-ring (bicyclic) bond motifs is 1. The van der Waals surface area contributed by atoms with Gasteiger partial charge in [0.15, 0.2) is 11.5 Å². The lowest BCUT2D eigenvalue weighted by Gasteiger charge is -2.06. The van der Waals surface area contributed by atoms with Gasteiger partial charge in [-0.1, -0.05) is 29.8 Å². The zero-order valence-corrected chi connectivity index (χ0v) is 13.9. The first-order valence-corrected chi connectivity index (χ1v) is 7.84. The van der Waals surface area contributed by atoms with E-state index in [2.05, 4.69) is 15.3 Å². The first-order valence-electron chi connectivity index (χ1n) is 7.84. The van der Waals surface area contributed by atoms with Crippen LogP contribution in [0.5, 0.6) is 17.4 Å². The second-order valence-corrected chi connectivity index (χ2v) is 5.61. The van der Waals surface area contributed by atoms with Crippen LogP contribution in [0.1, 0.15) is 5.56 Å². The number of methoxy groups -OCH3 is 1. The molecule has 0 amide bonds. The molecule has 25 heavy (non-hydrogen) atoms. The molecule has 0 spiro atoms. The molecular weight excluding hydrogens is 316 g/mol. The van der Waals surface area contributed by atoms with Crippen molar-refractivity contribution >= 4 is 5.65 Å². The second kappa shape index (κ2) is 6.24. The van der Waals surface area contributed by atoms with Crippen molar-refractivity contribution in [1.29, 1.82) is 0 Å². The Bertz CT molecular complexity index is 1010. The van der Waals surface area contributed by atoms with Gasteiger partial charge in [-0.15, -0.1) is 15.3 Å². The van der Waals surface area contributed by atoms with Crippen LogP contribution in [0.25, 0.3) is 17.0 Å². The molecule has 6 heteroatoms. The summed E-state index contributed by atoms with van der Waals surface area (Å²) in [6, 6.07) is 19.0. The average molecular weight is 332 g/mol. The fraction of sp³-hybridized carbons (Fsp3) is 0.105. The summed E-state index contributed by atoms with van der Waals surface area (Å²) in [5.41, 5.74) is 2.80. The van der Waals surface area contributed by atoms with E-state index in [-0.39, 0.29) is 0 Å². The van der Waals surface area contributed by atoms with Gasteiger partial charge in [0.1, 0.15) is 11.5 Å². The van der Waals surface area contributed by atoms with E-state index in [0.29, 0.717) is 23.1 Å². The highest BCUT2D eigenvalue weighted by atomic mass is 16.5. The summed E-state index contributed by atoms with van der Waals surface area (Å²) < 4.78 is 12.7. The van der Waals surface area contributed by atoms with E-state index in [0.717, 1.165) is 11.3 Å². The topological polar surface area (TPSA) is 61.5 Å². The summed E-state index contributed by atoms with van der Waals surface area (Å²) >= 11 is 0. The summed E-state index contributed by atoms with van der Waals surface area (Å²) in [5, 5.41) is 12.9. The maximum atomic E-state index is 5.82. The Morgan fingerprint density at radius 1 is 0.800 bits per heavy atom. The lowest BCUT2D eigenvalue weighted by molar-refractivity contribution is 0.411. The Kier molecular flexibility index (Phi) is 3.78. The van der Waals surface area contributed by atoms with Crippen molar-refractivity contribution in [1.82, 2.24) is 19.8 Å². The Balaban J connectivity index is 1.68. The van der Waals surface area contributed by atoms with Crippen LogP contribution < -0.4 is 9.47 Å². The number of aryl methyl sites for hydroxylation is 1. The maximum absolute atomic E-state index is 5.82.